The van der Waals surface area contributed by atoms with Crippen molar-refractivity contribution < 1.29 is 9.22 Å². The van der Waals surface area contributed by atoms with Crippen LogP contribution in [0.15, 0.2) is 12.4 Å². The van der Waals surface area contributed by atoms with Gasteiger partial charge in [-0.05, 0) is 25.1 Å². The van der Waals surface area contributed by atoms with Gasteiger partial charge in [-0.15, -0.1) is 0 Å². The lowest BCUT2D eigenvalue weighted by atomic mass is 10.2. The first-order valence-corrected chi connectivity index (χ1v) is 9.75. The van der Waals surface area contributed by atoms with Crippen molar-refractivity contribution in [2.45, 2.75) is 45.8 Å². The van der Waals surface area contributed by atoms with Crippen LogP contribution in [0.2, 0.25) is 18.1 Å². The minimum atomic E-state index is -1.69. The van der Waals surface area contributed by atoms with Crippen molar-refractivity contribution in [3.8, 4) is 0 Å². The Kier molecular flexibility index (Phi) is 5.41. The van der Waals surface area contributed by atoms with E-state index in [9.17, 15) is 4.79 Å². The summed E-state index contributed by atoms with van der Waals surface area (Å²) >= 11 is 0. The second-order valence-corrected chi connectivity index (χ2v) is 11.2. The maximum Gasteiger partial charge on any atom is 0.222 e. The minimum Gasteiger partial charge on any atom is -0.415 e. The highest BCUT2D eigenvalue weighted by Gasteiger charge is 2.36. The van der Waals surface area contributed by atoms with Crippen molar-refractivity contribution >= 4 is 20.0 Å². The van der Waals surface area contributed by atoms with Gasteiger partial charge in [0.25, 0.3) is 0 Å². The number of hydrogen-bond donors (Lipinski definition) is 1. The summed E-state index contributed by atoms with van der Waals surface area (Å²) in [5.41, 5.74) is 0.521. The average molecular weight is 295 g/mol. The molecule has 0 fully saturated rings. The molecule has 0 radical (unpaired) electrons. The van der Waals surface area contributed by atoms with Crippen LogP contribution < -0.4 is 5.32 Å². The third-order valence-corrected chi connectivity index (χ3v) is 8.25. The van der Waals surface area contributed by atoms with Crippen LogP contribution >= 0.6 is 0 Å². The summed E-state index contributed by atoms with van der Waals surface area (Å²) in [4.78, 5) is 19.3. The molecule has 0 aromatic carbocycles. The van der Waals surface area contributed by atoms with E-state index in [1.807, 2.05) is 0 Å². The van der Waals surface area contributed by atoms with E-state index in [0.29, 0.717) is 24.7 Å². The molecule has 6 heteroatoms. The maximum absolute atomic E-state index is 11.1. The van der Waals surface area contributed by atoms with Crippen molar-refractivity contribution in [1.82, 2.24) is 9.97 Å². The maximum atomic E-state index is 11.1. The fourth-order valence-corrected chi connectivity index (χ4v) is 2.33. The number of nitrogens with zero attached hydrogens (tertiary/aromatic N) is 2. The highest BCUT2D eigenvalue weighted by molar-refractivity contribution is 6.74. The predicted octanol–water partition coefficient (Wildman–Crippen LogP) is 3.11. The molecule has 0 aliphatic carbocycles. The second-order valence-electron chi connectivity index (χ2n) is 6.39. The molecule has 0 bridgehead atoms. The Balaban J connectivity index is 2.40. The van der Waals surface area contributed by atoms with Crippen LogP contribution in [0.1, 0.15) is 38.1 Å². The van der Waals surface area contributed by atoms with Gasteiger partial charge >= 0.3 is 0 Å². The Hall–Kier alpha value is -1.27. The van der Waals surface area contributed by atoms with E-state index < -0.39 is 8.32 Å². The molecular formula is C14H25N3O2Si. The monoisotopic (exact) mass is 295 g/mol. The van der Waals surface area contributed by atoms with Gasteiger partial charge in [0.15, 0.2) is 14.1 Å². The van der Waals surface area contributed by atoms with Crippen molar-refractivity contribution in [1.29, 1.82) is 0 Å². The molecule has 112 valence electrons. The Labute approximate surface area is 122 Å². The zero-order chi connectivity index (χ0) is 15.4. The van der Waals surface area contributed by atoms with Gasteiger partial charge in [-0.1, -0.05) is 20.8 Å². The molecule has 1 aromatic heterocycles. The van der Waals surface area contributed by atoms with Crippen molar-refractivity contribution in [2.75, 3.05) is 18.5 Å². The molecule has 0 spiro atoms. The van der Waals surface area contributed by atoms with Gasteiger partial charge in [-0.25, -0.2) is 9.97 Å². The molecule has 0 aliphatic heterocycles. The number of nitrogens with one attached hydrogen (secondary N) is 1. The molecule has 20 heavy (non-hydrogen) atoms. The number of Topliss-reactive ketones (excluding diaryl/α,β-unsaturated/α-hetero) is 1. The Morgan fingerprint density at radius 1 is 1.30 bits per heavy atom. The summed E-state index contributed by atoms with van der Waals surface area (Å²) in [5, 5.41) is 3.31. The molecule has 0 saturated carbocycles. The lowest BCUT2D eigenvalue weighted by Gasteiger charge is -2.36. The third kappa shape index (κ3) is 4.68. The highest BCUT2D eigenvalue weighted by Crippen LogP contribution is 2.36. The summed E-state index contributed by atoms with van der Waals surface area (Å²) in [6.45, 7) is 13.9. The van der Waals surface area contributed by atoms with Crippen LogP contribution in [-0.2, 0) is 4.43 Å². The fraction of sp³-hybridized carbons (Fsp3) is 0.643. The van der Waals surface area contributed by atoms with Gasteiger partial charge in [0, 0.05) is 18.9 Å². The third-order valence-electron chi connectivity index (χ3n) is 3.71. The van der Waals surface area contributed by atoms with Gasteiger partial charge in [0.2, 0.25) is 5.95 Å². The SMILES string of the molecule is CC(=O)c1cnc(NCCO[Si](C)(C)C(C)(C)C)nc1. The zero-order valence-electron chi connectivity index (χ0n) is 13.3. The molecule has 0 saturated heterocycles. The molecule has 1 heterocycles. The largest absolute Gasteiger partial charge is 0.415 e. The van der Waals surface area contributed by atoms with Gasteiger partial charge in [-0.3, -0.25) is 4.79 Å². The Bertz CT molecular complexity index is 452. The number of anilines is 1. The number of ketones is 1. The van der Waals surface area contributed by atoms with Crippen LogP contribution in [0.5, 0.6) is 0 Å². The van der Waals surface area contributed by atoms with Gasteiger partial charge in [-0.2, -0.15) is 0 Å². The minimum absolute atomic E-state index is 0.0298. The number of rotatable bonds is 6. The zero-order valence-corrected chi connectivity index (χ0v) is 14.3. The summed E-state index contributed by atoms with van der Waals surface area (Å²) in [5.74, 6) is 0.492. The normalized spacial score (nSPS) is 12.3. The van der Waals surface area contributed by atoms with E-state index in [4.69, 9.17) is 4.43 Å². The smallest absolute Gasteiger partial charge is 0.222 e. The topological polar surface area (TPSA) is 64.1 Å². The number of carbonyl (C=O) groups is 1. The van der Waals surface area contributed by atoms with Crippen molar-refractivity contribution in [3.63, 3.8) is 0 Å². The summed E-state index contributed by atoms with van der Waals surface area (Å²) in [7, 11) is -1.69. The van der Waals surface area contributed by atoms with Crippen LogP contribution in [-0.4, -0.2) is 37.2 Å². The Morgan fingerprint density at radius 3 is 2.30 bits per heavy atom. The molecular weight excluding hydrogens is 270 g/mol. The summed E-state index contributed by atoms with van der Waals surface area (Å²) < 4.78 is 6.04. The average Bonchev–Trinajstić information content (AvgIpc) is 2.34. The van der Waals surface area contributed by atoms with Crippen LogP contribution in [0.3, 0.4) is 0 Å². The lowest BCUT2D eigenvalue weighted by Crippen LogP contribution is -2.41. The van der Waals surface area contributed by atoms with Crippen LogP contribution in [0, 0.1) is 0 Å². The van der Waals surface area contributed by atoms with E-state index >= 15 is 0 Å². The molecule has 1 rings (SSSR count). The lowest BCUT2D eigenvalue weighted by molar-refractivity contribution is 0.101. The molecule has 0 atom stereocenters. The van der Waals surface area contributed by atoms with Crippen molar-refractivity contribution in [2.24, 2.45) is 0 Å². The summed E-state index contributed by atoms with van der Waals surface area (Å²) in [6, 6.07) is 0. The second kappa shape index (κ2) is 6.45. The first-order valence-electron chi connectivity index (χ1n) is 6.84. The van der Waals surface area contributed by atoms with E-state index in [2.05, 4.69) is 49.1 Å². The van der Waals surface area contributed by atoms with E-state index in [1.165, 1.54) is 19.3 Å². The molecule has 5 nitrogen and oxygen atoms in total. The van der Waals surface area contributed by atoms with Crippen molar-refractivity contribution in [3.05, 3.63) is 18.0 Å². The standard InChI is InChI=1S/C14H25N3O2Si/c1-11(18)12-9-16-13(17-10-12)15-7-8-19-20(5,6)14(2,3)4/h9-10H,7-8H2,1-6H3,(H,15,16,17). The predicted molar refractivity (Wildman–Crippen MR) is 83.7 cm³/mol. The van der Waals surface area contributed by atoms with E-state index in [0.717, 1.165) is 0 Å². The number of carbonyl (C=O) groups excluding carboxylic acids is 1. The first kappa shape index (κ1) is 16.8. The fourth-order valence-electron chi connectivity index (χ4n) is 1.29. The molecule has 0 aliphatic rings. The van der Waals surface area contributed by atoms with Crippen LogP contribution in [0.4, 0.5) is 5.95 Å². The molecule has 1 N–H and O–H groups in total. The Morgan fingerprint density at radius 2 is 1.85 bits per heavy atom. The quantitative estimate of drug-likeness (QED) is 0.496. The molecule has 0 amide bonds. The van der Waals surface area contributed by atoms with Gasteiger partial charge < -0.3 is 9.74 Å². The summed E-state index contributed by atoms with van der Waals surface area (Å²) in [6.07, 6.45) is 3.07. The van der Waals surface area contributed by atoms with Gasteiger partial charge in [0.1, 0.15) is 0 Å². The first-order chi connectivity index (χ1) is 9.13. The van der Waals surface area contributed by atoms with E-state index in [-0.39, 0.29) is 10.8 Å². The number of hydrogen-bond acceptors (Lipinski definition) is 5. The molecule has 1 aromatic rings. The highest BCUT2D eigenvalue weighted by atomic mass is 28.4. The number of aromatic nitrogens is 2. The van der Waals surface area contributed by atoms with E-state index in [1.54, 1.807) is 0 Å². The van der Waals surface area contributed by atoms with Crippen LogP contribution in [0.25, 0.3) is 0 Å². The van der Waals surface area contributed by atoms with Gasteiger partial charge in [0.05, 0.1) is 12.2 Å². The molecule has 0 unspecified atom stereocenters.